The van der Waals surface area contributed by atoms with Gasteiger partial charge >= 0.3 is 138 Å². The van der Waals surface area contributed by atoms with Crippen LogP contribution in [0.2, 0.25) is 0 Å². The molecule has 0 radical (unpaired) electrons. The number of halogens is 3. The van der Waals surface area contributed by atoms with Gasteiger partial charge in [0.1, 0.15) is 0 Å². The molecule has 0 spiro atoms. The molecule has 5 heteroatoms. The summed E-state index contributed by atoms with van der Waals surface area (Å²) >= 11 is 2.36. The maximum absolute atomic E-state index is 2.38. The zero-order valence-electron chi connectivity index (χ0n) is 14.3. The summed E-state index contributed by atoms with van der Waals surface area (Å²) in [6.45, 7) is 9.42. The van der Waals surface area contributed by atoms with Crippen molar-refractivity contribution in [1.29, 1.82) is 0 Å². The van der Waals surface area contributed by atoms with E-state index in [9.17, 15) is 0 Å². The molecule has 1 aliphatic carbocycles. The summed E-state index contributed by atoms with van der Waals surface area (Å²) in [5.74, 6) is 0. The Morgan fingerprint density at radius 3 is 2.09 bits per heavy atom. The van der Waals surface area contributed by atoms with Gasteiger partial charge in [0.2, 0.25) is 0 Å². The van der Waals surface area contributed by atoms with E-state index in [1.807, 2.05) is 0 Å². The Bertz CT molecular complexity index is 545. The van der Waals surface area contributed by atoms with Gasteiger partial charge in [-0.25, -0.2) is 0 Å². The topological polar surface area (TPSA) is 0 Å². The van der Waals surface area contributed by atoms with Gasteiger partial charge in [0.15, 0.2) is 0 Å². The average Bonchev–Trinajstić information content (AvgIpc) is 2.67. The summed E-state index contributed by atoms with van der Waals surface area (Å²) in [4.78, 5) is 0. The quantitative estimate of drug-likeness (QED) is 0.425. The van der Waals surface area contributed by atoms with Crippen molar-refractivity contribution < 1.29 is 57.7 Å². The minimum atomic E-state index is -0.305. The van der Waals surface area contributed by atoms with Gasteiger partial charge in [-0.2, -0.15) is 0 Å². The molecule has 0 aromatic heterocycles. The van der Waals surface area contributed by atoms with Crippen molar-refractivity contribution in [2.75, 3.05) is 0 Å². The molecule has 0 atom stereocenters. The minimum Gasteiger partial charge on any atom is -1.00 e. The maximum Gasteiger partial charge on any atom is -1.00 e. The number of hydrogen-bond donors (Lipinski definition) is 0. The molecule has 0 bridgehead atoms. The Kier molecular flexibility index (Phi) is 12.5. The molecule has 1 aliphatic rings. The predicted octanol–water partition coefficient (Wildman–Crippen LogP) is -5.20. The van der Waals surface area contributed by atoms with Crippen LogP contribution in [0, 0.1) is 5.41 Å². The van der Waals surface area contributed by atoms with Crippen molar-refractivity contribution in [3.05, 3.63) is 50.6 Å². The van der Waals surface area contributed by atoms with Gasteiger partial charge in [0, 0.05) is 0 Å². The van der Waals surface area contributed by atoms with Crippen LogP contribution < -0.4 is 42.4 Å². The molecule has 0 saturated heterocycles. The summed E-state index contributed by atoms with van der Waals surface area (Å²) in [5.41, 5.74) is 3.67. The number of hydrogen-bond acceptors (Lipinski definition) is 0. The van der Waals surface area contributed by atoms with Crippen molar-refractivity contribution >= 4 is 14.7 Å². The molecule has 2 rings (SSSR count). The molecule has 0 fully saturated rings. The Hall–Kier alpha value is 0.501. The third kappa shape index (κ3) is 6.72. The first-order valence-corrected chi connectivity index (χ1v) is 9.83. The van der Waals surface area contributed by atoms with E-state index in [0.29, 0.717) is 0 Å². The first-order chi connectivity index (χ1) is 9.43. The molecule has 1 aromatic carbocycles. The molecule has 23 heavy (non-hydrogen) atoms. The van der Waals surface area contributed by atoms with E-state index in [2.05, 4.69) is 78.5 Å². The molecule has 0 unspecified atom stereocenters. The van der Waals surface area contributed by atoms with E-state index in [1.165, 1.54) is 19.3 Å². The summed E-state index contributed by atoms with van der Waals surface area (Å²) in [7, 11) is -0.305. The van der Waals surface area contributed by atoms with Crippen LogP contribution in [0.4, 0.5) is 0 Å². The fourth-order valence-electron chi connectivity index (χ4n) is 3.20. The van der Waals surface area contributed by atoms with E-state index >= 15 is 0 Å². The van der Waals surface area contributed by atoms with Crippen molar-refractivity contribution in [3.63, 3.8) is 0 Å². The van der Waals surface area contributed by atoms with Crippen molar-refractivity contribution in [2.24, 2.45) is 5.41 Å². The molecule has 0 saturated carbocycles. The van der Waals surface area contributed by atoms with Crippen LogP contribution in [-0.2, 0) is 20.4 Å². The van der Waals surface area contributed by atoms with Crippen molar-refractivity contribution in [1.82, 2.24) is 0 Å². The first kappa shape index (κ1) is 25.7. The number of allylic oxidation sites excluding steroid dienone is 4. The fourth-order valence-corrected chi connectivity index (χ4v) is 6.98. The van der Waals surface area contributed by atoms with Gasteiger partial charge < -0.3 is 37.2 Å². The Labute approximate surface area is 174 Å². The summed E-state index contributed by atoms with van der Waals surface area (Å²) in [5, 5.41) is 3.36. The van der Waals surface area contributed by atoms with Gasteiger partial charge in [-0.1, -0.05) is 0 Å². The molecule has 0 heterocycles. The van der Waals surface area contributed by atoms with Crippen LogP contribution in [0.25, 0.3) is 0 Å². The van der Waals surface area contributed by atoms with Crippen LogP contribution >= 0.6 is 0 Å². The molecule has 1 aromatic rings. The van der Waals surface area contributed by atoms with E-state index in [0.717, 1.165) is 0 Å². The Morgan fingerprint density at radius 2 is 1.61 bits per heavy atom. The fraction of sp³-hybridized carbons (Fsp3) is 0.444. The van der Waals surface area contributed by atoms with Gasteiger partial charge in [-0.15, -0.1) is 0 Å². The van der Waals surface area contributed by atoms with Gasteiger partial charge in [0.05, 0.1) is 0 Å². The van der Waals surface area contributed by atoms with E-state index < -0.39 is 0 Å². The third-order valence-electron chi connectivity index (χ3n) is 3.95. The molecule has 0 amide bonds. The molecular formula is C18H25Cl3SiTi. The molecule has 0 aliphatic heterocycles. The van der Waals surface area contributed by atoms with Crippen LogP contribution in [0.5, 0.6) is 0 Å². The minimum absolute atomic E-state index is 0. The SMILES string of the molecule is CCCC1=[C]([Ti+3])C(C(C)(C)C)=C([SiH2]c2ccccc2)C1.[Cl-].[Cl-].[Cl-]. The molecular weight excluding hydrogens is 399 g/mol. The standard InChI is InChI=1S/C18H25Si.3ClH.Ti/c1-5-9-14-12-16(18(2,3)4)17(13-14)19-15-10-7-6-8-11-15;;;;/h6-8,10-11H,5,9,13,19H2,1-4H3;3*1H;/q;;;;+3/p-3. The van der Waals surface area contributed by atoms with E-state index in [-0.39, 0.29) is 52.2 Å². The summed E-state index contributed by atoms with van der Waals surface area (Å²) in [6.07, 6.45) is 3.80. The average molecular weight is 424 g/mol. The first-order valence-electron chi connectivity index (χ1n) is 7.64. The second-order valence-corrected chi connectivity index (χ2v) is 9.60. The zero-order valence-corrected chi connectivity index (χ0v) is 19.6. The maximum atomic E-state index is 2.38. The van der Waals surface area contributed by atoms with Crippen LogP contribution in [0.3, 0.4) is 0 Å². The van der Waals surface area contributed by atoms with E-state index in [1.54, 1.807) is 25.4 Å². The largest absolute Gasteiger partial charge is 1.00 e. The van der Waals surface area contributed by atoms with Gasteiger partial charge in [-0.3, -0.25) is 0 Å². The smallest absolute Gasteiger partial charge is 1.00 e. The third-order valence-corrected chi connectivity index (χ3v) is 6.80. The number of benzene rings is 1. The van der Waals surface area contributed by atoms with Gasteiger partial charge in [-0.05, 0) is 0 Å². The van der Waals surface area contributed by atoms with Crippen LogP contribution in [-0.4, -0.2) is 9.52 Å². The molecule has 0 nitrogen and oxygen atoms in total. The van der Waals surface area contributed by atoms with E-state index in [4.69, 9.17) is 0 Å². The zero-order chi connectivity index (χ0) is 14.8. The van der Waals surface area contributed by atoms with Crippen LogP contribution in [0.1, 0.15) is 47.0 Å². The Balaban J connectivity index is 0. The second-order valence-electron chi connectivity index (χ2n) is 6.80. The summed E-state index contributed by atoms with van der Waals surface area (Å²) < 4.78 is 1.61. The predicted molar refractivity (Wildman–Crippen MR) is 87.7 cm³/mol. The second kappa shape index (κ2) is 11.2. The van der Waals surface area contributed by atoms with Crippen molar-refractivity contribution in [2.45, 2.75) is 47.0 Å². The van der Waals surface area contributed by atoms with Gasteiger partial charge in [0.25, 0.3) is 0 Å². The number of rotatable bonds is 4. The van der Waals surface area contributed by atoms with Crippen LogP contribution in [0.15, 0.2) is 50.6 Å². The molecule has 126 valence electrons. The normalized spacial score (nSPS) is 14.7. The monoisotopic (exact) mass is 422 g/mol. The van der Waals surface area contributed by atoms with Crippen molar-refractivity contribution in [3.8, 4) is 0 Å². The Morgan fingerprint density at radius 1 is 1.04 bits per heavy atom. The summed E-state index contributed by atoms with van der Waals surface area (Å²) in [6, 6.07) is 11.1. The molecule has 0 N–H and O–H groups in total.